The molecule has 1 saturated carbocycles. The lowest BCUT2D eigenvalue weighted by molar-refractivity contribution is -0.117. The number of nitrogens with one attached hydrogen (secondary N) is 2. The molecule has 1 aromatic carbocycles. The second kappa shape index (κ2) is 7.61. The van der Waals surface area contributed by atoms with Crippen molar-refractivity contribution < 1.29 is 4.79 Å². The highest BCUT2D eigenvalue weighted by atomic mass is 32.2. The van der Waals surface area contributed by atoms with E-state index in [0.29, 0.717) is 16.9 Å². The molecular weight excluding hydrogens is 380 g/mol. The fourth-order valence-electron chi connectivity index (χ4n) is 2.37. The Morgan fingerprint density at radius 2 is 1.93 bits per heavy atom. The number of anilines is 3. The summed E-state index contributed by atoms with van der Waals surface area (Å²) in [7, 11) is 0. The standard InChI is InChI=1S/C18H18N6OS2/c1-10-9-19-17(26-10)23-16-20-11(2)21-18(24-16)27-14-7-5-13(6-8-14)22-15(25)12-3-4-12/h5-9,12H,3-4H2,1-2H3,(H,22,25)(H,19,20,21,23,24). The Kier molecular flexibility index (Phi) is 5.04. The summed E-state index contributed by atoms with van der Waals surface area (Å²) in [4.78, 5) is 31.4. The van der Waals surface area contributed by atoms with E-state index in [1.165, 1.54) is 11.8 Å². The van der Waals surface area contributed by atoms with E-state index < -0.39 is 0 Å². The van der Waals surface area contributed by atoms with E-state index in [1.807, 2.05) is 38.1 Å². The molecule has 0 unspecified atom stereocenters. The molecular formula is C18H18N6OS2. The Labute approximate surface area is 165 Å². The number of hydrogen-bond donors (Lipinski definition) is 2. The Balaban J connectivity index is 1.44. The molecule has 0 saturated heterocycles. The van der Waals surface area contributed by atoms with Crippen LogP contribution in [-0.4, -0.2) is 25.8 Å². The first-order valence-electron chi connectivity index (χ1n) is 8.56. The fraction of sp³-hybridized carbons (Fsp3) is 0.278. The van der Waals surface area contributed by atoms with Crippen LogP contribution in [0.25, 0.3) is 0 Å². The Bertz CT molecular complexity index is 968. The second-order valence-electron chi connectivity index (χ2n) is 6.28. The summed E-state index contributed by atoms with van der Waals surface area (Å²) in [5, 5.41) is 7.42. The molecule has 7 nitrogen and oxygen atoms in total. The quantitative estimate of drug-likeness (QED) is 0.643. The number of hydrogen-bond acceptors (Lipinski definition) is 8. The van der Waals surface area contributed by atoms with Gasteiger partial charge in [0.15, 0.2) is 10.3 Å². The fourth-order valence-corrected chi connectivity index (χ4v) is 3.82. The van der Waals surface area contributed by atoms with Gasteiger partial charge in [0, 0.05) is 27.6 Å². The Hall–Kier alpha value is -2.52. The van der Waals surface area contributed by atoms with Crippen LogP contribution in [0, 0.1) is 19.8 Å². The van der Waals surface area contributed by atoms with Gasteiger partial charge in [0.1, 0.15) is 5.82 Å². The first-order chi connectivity index (χ1) is 13.0. The van der Waals surface area contributed by atoms with Crippen LogP contribution >= 0.6 is 23.1 Å². The second-order valence-corrected chi connectivity index (χ2v) is 8.56. The van der Waals surface area contributed by atoms with Crippen molar-refractivity contribution in [3.63, 3.8) is 0 Å². The van der Waals surface area contributed by atoms with E-state index >= 15 is 0 Å². The van der Waals surface area contributed by atoms with Gasteiger partial charge in [-0.2, -0.15) is 9.97 Å². The molecule has 2 aromatic heterocycles. The Morgan fingerprint density at radius 3 is 2.59 bits per heavy atom. The monoisotopic (exact) mass is 398 g/mol. The smallest absolute Gasteiger partial charge is 0.233 e. The van der Waals surface area contributed by atoms with Crippen LogP contribution in [0.15, 0.2) is 40.5 Å². The maximum absolute atomic E-state index is 11.8. The van der Waals surface area contributed by atoms with Gasteiger partial charge in [0.25, 0.3) is 0 Å². The maximum atomic E-state index is 11.8. The average molecular weight is 399 g/mol. The van der Waals surface area contributed by atoms with Crippen molar-refractivity contribution in [1.29, 1.82) is 0 Å². The number of thiazole rings is 1. The van der Waals surface area contributed by atoms with Gasteiger partial charge < -0.3 is 5.32 Å². The van der Waals surface area contributed by atoms with Crippen LogP contribution in [0.1, 0.15) is 23.5 Å². The van der Waals surface area contributed by atoms with Crippen molar-refractivity contribution >= 4 is 45.8 Å². The highest BCUT2D eigenvalue weighted by Gasteiger charge is 2.29. The predicted molar refractivity (Wildman–Crippen MR) is 107 cm³/mol. The molecule has 1 aliphatic rings. The summed E-state index contributed by atoms with van der Waals surface area (Å²) in [5.74, 6) is 1.42. The van der Waals surface area contributed by atoms with Crippen LogP contribution in [0.4, 0.5) is 16.8 Å². The number of rotatable bonds is 6. The summed E-state index contributed by atoms with van der Waals surface area (Å²) in [6.07, 6.45) is 3.80. The molecule has 0 bridgehead atoms. The molecule has 0 spiro atoms. The number of aryl methyl sites for hydroxylation is 2. The number of amides is 1. The summed E-state index contributed by atoms with van der Waals surface area (Å²) >= 11 is 2.99. The normalized spacial score (nSPS) is 13.4. The van der Waals surface area contributed by atoms with E-state index in [0.717, 1.165) is 33.4 Å². The topological polar surface area (TPSA) is 92.7 Å². The minimum atomic E-state index is 0.108. The molecule has 2 heterocycles. The van der Waals surface area contributed by atoms with Crippen molar-refractivity contribution in [3.8, 4) is 0 Å². The van der Waals surface area contributed by atoms with Gasteiger partial charge in [-0.05, 0) is 62.7 Å². The van der Waals surface area contributed by atoms with Crippen molar-refractivity contribution in [2.24, 2.45) is 5.92 Å². The zero-order chi connectivity index (χ0) is 18.8. The third kappa shape index (κ3) is 4.81. The van der Waals surface area contributed by atoms with Gasteiger partial charge in [0.05, 0.1) is 0 Å². The van der Waals surface area contributed by atoms with Crippen molar-refractivity contribution in [3.05, 3.63) is 41.2 Å². The minimum Gasteiger partial charge on any atom is -0.326 e. The van der Waals surface area contributed by atoms with Crippen LogP contribution in [0.3, 0.4) is 0 Å². The number of benzene rings is 1. The van der Waals surface area contributed by atoms with Gasteiger partial charge in [0.2, 0.25) is 11.9 Å². The molecule has 3 aromatic rings. The highest BCUT2D eigenvalue weighted by molar-refractivity contribution is 7.99. The van der Waals surface area contributed by atoms with E-state index in [9.17, 15) is 4.79 Å². The van der Waals surface area contributed by atoms with E-state index in [2.05, 4.69) is 30.6 Å². The summed E-state index contributed by atoms with van der Waals surface area (Å²) in [6.45, 7) is 3.83. The largest absolute Gasteiger partial charge is 0.326 e. The molecule has 27 heavy (non-hydrogen) atoms. The number of carbonyl (C=O) groups excluding carboxylic acids is 1. The van der Waals surface area contributed by atoms with Crippen LogP contribution in [-0.2, 0) is 4.79 Å². The molecule has 0 atom stereocenters. The first kappa shape index (κ1) is 17.9. The summed E-state index contributed by atoms with van der Waals surface area (Å²) in [5.41, 5.74) is 0.810. The SMILES string of the molecule is Cc1nc(Nc2ncc(C)s2)nc(Sc2ccc(NC(=O)C3CC3)cc2)n1. The zero-order valence-electron chi connectivity index (χ0n) is 14.9. The number of aromatic nitrogens is 4. The van der Waals surface area contributed by atoms with Gasteiger partial charge in [-0.1, -0.05) is 0 Å². The van der Waals surface area contributed by atoms with Gasteiger partial charge in [-0.15, -0.1) is 11.3 Å². The Morgan fingerprint density at radius 1 is 1.15 bits per heavy atom. The molecule has 2 N–H and O–H groups in total. The molecule has 9 heteroatoms. The van der Waals surface area contributed by atoms with Crippen LogP contribution < -0.4 is 10.6 Å². The van der Waals surface area contributed by atoms with Gasteiger partial charge in [-0.3, -0.25) is 10.1 Å². The van der Waals surface area contributed by atoms with E-state index in [4.69, 9.17) is 0 Å². The molecule has 0 radical (unpaired) electrons. The average Bonchev–Trinajstić information content (AvgIpc) is 3.40. The molecule has 0 aliphatic heterocycles. The molecule has 1 amide bonds. The molecule has 4 rings (SSSR count). The minimum absolute atomic E-state index is 0.108. The van der Waals surface area contributed by atoms with E-state index in [-0.39, 0.29) is 11.8 Å². The molecule has 1 aliphatic carbocycles. The predicted octanol–water partition coefficient (Wildman–Crippen LogP) is 4.19. The maximum Gasteiger partial charge on any atom is 0.233 e. The third-order valence-corrected chi connectivity index (χ3v) is 5.55. The summed E-state index contributed by atoms with van der Waals surface area (Å²) in [6, 6.07) is 7.69. The molecule has 1 fully saturated rings. The lowest BCUT2D eigenvalue weighted by Crippen LogP contribution is -2.12. The molecule has 138 valence electrons. The lowest BCUT2D eigenvalue weighted by atomic mass is 10.3. The van der Waals surface area contributed by atoms with Crippen LogP contribution in [0.5, 0.6) is 0 Å². The highest BCUT2D eigenvalue weighted by Crippen LogP contribution is 2.31. The zero-order valence-corrected chi connectivity index (χ0v) is 16.5. The van der Waals surface area contributed by atoms with Crippen molar-refractivity contribution in [2.75, 3.05) is 10.6 Å². The summed E-state index contributed by atoms with van der Waals surface area (Å²) < 4.78 is 0. The van der Waals surface area contributed by atoms with Crippen molar-refractivity contribution in [1.82, 2.24) is 19.9 Å². The van der Waals surface area contributed by atoms with Crippen molar-refractivity contribution in [2.45, 2.75) is 36.7 Å². The lowest BCUT2D eigenvalue weighted by Gasteiger charge is -2.07. The third-order valence-electron chi connectivity index (χ3n) is 3.85. The number of carbonyl (C=O) groups is 1. The van der Waals surface area contributed by atoms with Gasteiger partial charge in [-0.25, -0.2) is 9.97 Å². The van der Waals surface area contributed by atoms with Gasteiger partial charge >= 0.3 is 0 Å². The first-order valence-corrected chi connectivity index (χ1v) is 10.2. The number of nitrogens with zero attached hydrogens (tertiary/aromatic N) is 4. The van der Waals surface area contributed by atoms with E-state index in [1.54, 1.807) is 17.5 Å². The van der Waals surface area contributed by atoms with Crippen LogP contribution in [0.2, 0.25) is 0 Å².